The zero-order chi connectivity index (χ0) is 19.6. The van der Waals surface area contributed by atoms with Gasteiger partial charge in [0.25, 0.3) is 5.91 Å². The highest BCUT2D eigenvalue weighted by atomic mass is 32.2. The predicted octanol–water partition coefficient (Wildman–Crippen LogP) is 1.50. The Morgan fingerprint density at radius 1 is 1.22 bits per heavy atom. The Bertz CT molecular complexity index is 999. The fourth-order valence-corrected chi connectivity index (χ4v) is 4.25. The fraction of sp³-hybridized carbons (Fsp3) is 0.200. The molecule has 0 spiro atoms. The first kappa shape index (κ1) is 18.9. The molecule has 3 rings (SSSR count). The zero-order valence-corrected chi connectivity index (χ0v) is 15.2. The lowest BCUT2D eigenvalue weighted by Crippen LogP contribution is -2.37. The van der Waals surface area contributed by atoms with Crippen LogP contribution in [0.2, 0.25) is 0 Å². The van der Waals surface area contributed by atoms with Crippen molar-refractivity contribution < 1.29 is 27.7 Å². The Kier molecular flexibility index (Phi) is 5.21. The third-order valence-electron chi connectivity index (χ3n) is 3.65. The van der Waals surface area contributed by atoms with Crippen molar-refractivity contribution in [3.63, 3.8) is 0 Å². The highest BCUT2D eigenvalue weighted by molar-refractivity contribution is 7.89. The number of nitro groups is 1. The number of benzene rings is 1. The number of thiophene rings is 1. The number of amides is 1. The number of nitrogens with one attached hydrogen (secondary N) is 2. The Labute approximate surface area is 157 Å². The van der Waals surface area contributed by atoms with E-state index < -0.39 is 32.9 Å². The number of rotatable bonds is 6. The van der Waals surface area contributed by atoms with Gasteiger partial charge < -0.3 is 10.1 Å². The summed E-state index contributed by atoms with van der Waals surface area (Å²) in [7, 11) is -3.92. The average molecular weight is 411 g/mol. The van der Waals surface area contributed by atoms with E-state index in [1.165, 1.54) is 36.4 Å². The van der Waals surface area contributed by atoms with Crippen molar-refractivity contribution in [1.29, 1.82) is 0 Å². The summed E-state index contributed by atoms with van der Waals surface area (Å²) in [5, 5.41) is 13.0. The number of hydrogen-bond donors (Lipinski definition) is 2. The molecule has 0 bridgehead atoms. The zero-order valence-electron chi connectivity index (χ0n) is 13.6. The van der Waals surface area contributed by atoms with Crippen LogP contribution in [0.1, 0.15) is 16.1 Å². The van der Waals surface area contributed by atoms with Gasteiger partial charge in [0.2, 0.25) is 10.0 Å². The topological polar surface area (TPSA) is 145 Å². The van der Waals surface area contributed by atoms with Crippen LogP contribution < -0.4 is 10.0 Å². The monoisotopic (exact) mass is 411 g/mol. The second-order valence-corrected chi connectivity index (χ2v) is 8.28. The van der Waals surface area contributed by atoms with E-state index in [2.05, 4.69) is 10.0 Å². The van der Waals surface area contributed by atoms with Gasteiger partial charge in [0.15, 0.2) is 0 Å². The molecule has 0 unspecified atom stereocenters. The van der Waals surface area contributed by atoms with E-state index in [0.29, 0.717) is 5.69 Å². The molecule has 0 aliphatic carbocycles. The second-order valence-electron chi connectivity index (χ2n) is 5.50. The number of cyclic esters (lactones) is 1. The van der Waals surface area contributed by atoms with E-state index in [-0.39, 0.29) is 27.8 Å². The van der Waals surface area contributed by atoms with Gasteiger partial charge in [0, 0.05) is 18.2 Å². The summed E-state index contributed by atoms with van der Waals surface area (Å²) in [5.41, 5.74) is 0.315. The summed E-state index contributed by atoms with van der Waals surface area (Å²) in [6.45, 7) is 0.165. The SMILES string of the molecule is O=C(Nc1ccc(S(=O)(=O)N[C@H]2CCOC2=O)cc1)c1ccc([N+](=O)[O-])s1. The van der Waals surface area contributed by atoms with Crippen LogP contribution in [0.3, 0.4) is 0 Å². The third kappa shape index (κ3) is 4.30. The van der Waals surface area contributed by atoms with Gasteiger partial charge in [-0.05, 0) is 30.3 Å². The standard InChI is InChI=1S/C15H13N3O7S2/c19-14(12-5-6-13(26-12)18(21)22)16-9-1-3-10(4-2-9)27(23,24)17-11-7-8-25-15(11)20/h1-6,11,17H,7-8H2,(H,16,19)/t11-/m0/s1. The first-order valence-electron chi connectivity index (χ1n) is 7.61. The van der Waals surface area contributed by atoms with Crippen molar-refractivity contribution >= 4 is 43.9 Å². The minimum absolute atomic E-state index is 0.0769. The predicted molar refractivity (Wildman–Crippen MR) is 95.1 cm³/mol. The van der Waals surface area contributed by atoms with E-state index in [0.717, 1.165) is 11.3 Å². The number of hydrogen-bond acceptors (Lipinski definition) is 8. The summed E-state index contributed by atoms with van der Waals surface area (Å²) in [4.78, 5) is 33.6. The molecule has 142 valence electrons. The lowest BCUT2D eigenvalue weighted by Gasteiger charge is -2.10. The first-order chi connectivity index (χ1) is 12.8. The number of carbonyl (C=O) groups is 2. The smallest absolute Gasteiger partial charge is 0.324 e. The summed E-state index contributed by atoms with van der Waals surface area (Å²) in [5.74, 6) is -1.16. The molecular weight excluding hydrogens is 398 g/mol. The molecule has 0 saturated carbocycles. The lowest BCUT2D eigenvalue weighted by atomic mass is 10.3. The van der Waals surface area contributed by atoms with Crippen LogP contribution in [0.15, 0.2) is 41.3 Å². The maximum Gasteiger partial charge on any atom is 0.324 e. The van der Waals surface area contributed by atoms with Crippen LogP contribution in [-0.4, -0.2) is 37.9 Å². The van der Waals surface area contributed by atoms with E-state index in [9.17, 15) is 28.1 Å². The second kappa shape index (κ2) is 7.42. The van der Waals surface area contributed by atoms with Crippen molar-refractivity contribution in [3.05, 3.63) is 51.4 Å². The van der Waals surface area contributed by atoms with Crippen molar-refractivity contribution in [2.45, 2.75) is 17.4 Å². The first-order valence-corrected chi connectivity index (χ1v) is 9.91. The van der Waals surface area contributed by atoms with Crippen LogP contribution in [0.4, 0.5) is 10.7 Å². The molecule has 1 aromatic heterocycles. The number of anilines is 1. The molecule has 1 amide bonds. The Morgan fingerprint density at radius 2 is 1.93 bits per heavy atom. The minimum Gasteiger partial charge on any atom is -0.464 e. The maximum absolute atomic E-state index is 12.3. The van der Waals surface area contributed by atoms with Crippen molar-refractivity contribution in [2.24, 2.45) is 0 Å². The van der Waals surface area contributed by atoms with Gasteiger partial charge in [0.05, 0.1) is 21.3 Å². The summed E-state index contributed by atoms with van der Waals surface area (Å²) >= 11 is 0.733. The van der Waals surface area contributed by atoms with Crippen molar-refractivity contribution in [2.75, 3.05) is 11.9 Å². The van der Waals surface area contributed by atoms with E-state index in [4.69, 9.17) is 4.74 Å². The highest BCUT2D eigenvalue weighted by Crippen LogP contribution is 2.25. The molecule has 2 aromatic rings. The largest absolute Gasteiger partial charge is 0.464 e. The van der Waals surface area contributed by atoms with Crippen LogP contribution >= 0.6 is 11.3 Å². The van der Waals surface area contributed by atoms with Crippen LogP contribution in [-0.2, 0) is 19.6 Å². The number of ether oxygens (including phenoxy) is 1. The molecule has 1 fully saturated rings. The molecule has 12 heteroatoms. The maximum atomic E-state index is 12.3. The van der Waals surface area contributed by atoms with Crippen LogP contribution in [0.5, 0.6) is 0 Å². The molecule has 2 N–H and O–H groups in total. The molecule has 10 nitrogen and oxygen atoms in total. The quantitative estimate of drug-likeness (QED) is 0.416. The van der Waals surface area contributed by atoms with Gasteiger partial charge >= 0.3 is 11.0 Å². The lowest BCUT2D eigenvalue weighted by molar-refractivity contribution is -0.380. The van der Waals surface area contributed by atoms with Crippen molar-refractivity contribution in [1.82, 2.24) is 4.72 Å². The van der Waals surface area contributed by atoms with Gasteiger partial charge in [-0.2, -0.15) is 4.72 Å². The Balaban J connectivity index is 1.68. The van der Waals surface area contributed by atoms with Crippen LogP contribution in [0.25, 0.3) is 0 Å². The summed E-state index contributed by atoms with van der Waals surface area (Å²) in [6.07, 6.45) is 0.263. The van der Waals surface area contributed by atoms with Gasteiger partial charge in [-0.3, -0.25) is 19.7 Å². The highest BCUT2D eigenvalue weighted by Gasteiger charge is 2.31. The third-order valence-corrected chi connectivity index (χ3v) is 6.17. The van der Waals surface area contributed by atoms with Crippen LogP contribution in [0, 0.1) is 10.1 Å². The summed E-state index contributed by atoms with van der Waals surface area (Å²) < 4.78 is 31.6. The number of carbonyl (C=O) groups excluding carboxylic acids is 2. The van der Waals surface area contributed by atoms with E-state index in [1.807, 2.05) is 0 Å². The normalized spacial score (nSPS) is 16.7. The van der Waals surface area contributed by atoms with Gasteiger partial charge in [-0.25, -0.2) is 8.42 Å². The number of esters is 1. The molecule has 1 atom stereocenters. The summed E-state index contributed by atoms with van der Waals surface area (Å²) in [6, 6.07) is 6.95. The van der Waals surface area contributed by atoms with Crippen molar-refractivity contribution in [3.8, 4) is 0 Å². The van der Waals surface area contributed by atoms with Gasteiger partial charge in [-0.15, -0.1) is 0 Å². The Hall–Kier alpha value is -2.83. The van der Waals surface area contributed by atoms with Gasteiger partial charge in [0.1, 0.15) is 6.04 Å². The fourth-order valence-electron chi connectivity index (χ4n) is 2.32. The molecule has 1 aliphatic heterocycles. The van der Waals surface area contributed by atoms with Gasteiger partial charge in [-0.1, -0.05) is 11.3 Å². The molecule has 1 aromatic carbocycles. The average Bonchev–Trinajstić information content (AvgIpc) is 3.25. The molecule has 27 heavy (non-hydrogen) atoms. The minimum atomic E-state index is -3.92. The molecule has 1 aliphatic rings. The number of nitrogens with zero attached hydrogens (tertiary/aromatic N) is 1. The van der Waals surface area contributed by atoms with E-state index in [1.54, 1.807) is 0 Å². The molecule has 2 heterocycles. The number of sulfonamides is 1. The molecular formula is C15H13N3O7S2. The molecule has 0 radical (unpaired) electrons. The van der Waals surface area contributed by atoms with E-state index >= 15 is 0 Å². The molecule has 1 saturated heterocycles. The Morgan fingerprint density at radius 3 is 2.48 bits per heavy atom.